The first-order valence-electron chi connectivity index (χ1n) is 6.23. The molecule has 1 saturated carbocycles. The van der Waals surface area contributed by atoms with Gasteiger partial charge in [0.25, 0.3) is 0 Å². The fourth-order valence-electron chi connectivity index (χ4n) is 2.80. The van der Waals surface area contributed by atoms with Gasteiger partial charge in [0.15, 0.2) is 0 Å². The Balaban J connectivity index is 2.29. The number of aliphatic hydroxyl groups is 1. The minimum absolute atomic E-state index is 0.248. The summed E-state index contributed by atoms with van der Waals surface area (Å²) in [7, 11) is 0. The van der Waals surface area contributed by atoms with Crippen LogP contribution in [-0.2, 0) is 0 Å². The lowest BCUT2D eigenvalue weighted by atomic mass is 9.77. The van der Waals surface area contributed by atoms with Crippen molar-refractivity contribution in [3.8, 4) is 0 Å². The summed E-state index contributed by atoms with van der Waals surface area (Å²) in [5.74, 6) is -0.258. The fourth-order valence-corrected chi connectivity index (χ4v) is 2.80. The van der Waals surface area contributed by atoms with Gasteiger partial charge in [-0.2, -0.15) is 0 Å². The van der Waals surface area contributed by atoms with Crippen molar-refractivity contribution in [2.75, 3.05) is 6.54 Å². The van der Waals surface area contributed by atoms with Crippen LogP contribution in [-0.4, -0.2) is 11.7 Å². The average Bonchev–Trinajstić information content (AvgIpc) is 2.81. The van der Waals surface area contributed by atoms with Crippen molar-refractivity contribution in [1.82, 2.24) is 0 Å². The minimum Gasteiger partial charge on any atom is -0.388 e. The summed E-state index contributed by atoms with van der Waals surface area (Å²) in [4.78, 5) is 0. The lowest BCUT2D eigenvalue weighted by Crippen LogP contribution is -2.34. The molecule has 0 radical (unpaired) electrons. The van der Waals surface area contributed by atoms with E-state index in [-0.39, 0.29) is 11.2 Å². The Morgan fingerprint density at radius 2 is 2.06 bits per heavy atom. The van der Waals surface area contributed by atoms with Gasteiger partial charge in [-0.05, 0) is 37.0 Å². The summed E-state index contributed by atoms with van der Waals surface area (Å²) in [6, 6.07) is 4.96. The highest BCUT2D eigenvalue weighted by Crippen LogP contribution is 2.46. The number of rotatable bonds is 3. The fraction of sp³-hybridized carbons (Fsp3) is 0.571. The summed E-state index contributed by atoms with van der Waals surface area (Å²) in [6.45, 7) is 2.18. The van der Waals surface area contributed by atoms with Gasteiger partial charge in [-0.3, -0.25) is 0 Å². The number of halogens is 1. The number of aryl methyl sites for hydroxylation is 1. The second-order valence-electron chi connectivity index (χ2n) is 5.18. The largest absolute Gasteiger partial charge is 0.388 e. The predicted molar refractivity (Wildman–Crippen MR) is 66.1 cm³/mol. The van der Waals surface area contributed by atoms with Crippen molar-refractivity contribution in [3.63, 3.8) is 0 Å². The molecule has 0 heterocycles. The third-order valence-electron chi connectivity index (χ3n) is 4.10. The lowest BCUT2D eigenvalue weighted by Gasteiger charge is -2.33. The van der Waals surface area contributed by atoms with Gasteiger partial charge < -0.3 is 10.8 Å². The van der Waals surface area contributed by atoms with Crippen molar-refractivity contribution in [1.29, 1.82) is 0 Å². The molecule has 0 amide bonds. The van der Waals surface area contributed by atoms with Crippen molar-refractivity contribution >= 4 is 0 Å². The minimum atomic E-state index is -0.648. The molecule has 1 atom stereocenters. The molecule has 1 aromatic carbocycles. The van der Waals surface area contributed by atoms with Gasteiger partial charge in [0.2, 0.25) is 0 Å². The molecular weight excluding hydrogens is 217 g/mol. The number of hydrogen-bond donors (Lipinski definition) is 2. The van der Waals surface area contributed by atoms with E-state index < -0.39 is 6.10 Å². The quantitative estimate of drug-likeness (QED) is 0.849. The number of nitrogens with two attached hydrogens (primary N) is 1. The Morgan fingerprint density at radius 3 is 2.59 bits per heavy atom. The predicted octanol–water partition coefficient (Wildman–Crippen LogP) is 2.69. The van der Waals surface area contributed by atoms with Gasteiger partial charge >= 0.3 is 0 Å². The van der Waals surface area contributed by atoms with E-state index in [1.165, 1.54) is 6.07 Å². The third kappa shape index (κ3) is 2.22. The molecule has 0 spiro atoms. The summed E-state index contributed by atoms with van der Waals surface area (Å²) in [6.07, 6.45) is 3.41. The molecule has 1 fully saturated rings. The Kier molecular flexibility index (Phi) is 3.50. The average molecular weight is 237 g/mol. The van der Waals surface area contributed by atoms with E-state index in [1.807, 2.05) is 0 Å². The zero-order chi connectivity index (χ0) is 12.5. The summed E-state index contributed by atoms with van der Waals surface area (Å²) in [5.41, 5.74) is 6.83. The Labute approximate surface area is 102 Å². The van der Waals surface area contributed by atoms with Crippen LogP contribution in [0.25, 0.3) is 0 Å². The normalized spacial score (nSPS) is 20.5. The number of hydrogen-bond acceptors (Lipinski definition) is 2. The van der Waals surface area contributed by atoms with Crippen LogP contribution in [0.4, 0.5) is 4.39 Å². The zero-order valence-corrected chi connectivity index (χ0v) is 10.2. The van der Waals surface area contributed by atoms with E-state index in [2.05, 4.69) is 0 Å². The molecule has 1 aliphatic rings. The van der Waals surface area contributed by atoms with Crippen LogP contribution < -0.4 is 5.73 Å². The number of aliphatic hydroxyl groups excluding tert-OH is 1. The van der Waals surface area contributed by atoms with Gasteiger partial charge in [0.1, 0.15) is 5.82 Å². The highest BCUT2D eigenvalue weighted by atomic mass is 19.1. The summed E-state index contributed by atoms with van der Waals surface area (Å²) < 4.78 is 13.5. The van der Waals surface area contributed by atoms with Crippen LogP contribution in [0, 0.1) is 18.2 Å². The van der Waals surface area contributed by atoms with E-state index >= 15 is 0 Å². The van der Waals surface area contributed by atoms with Crippen molar-refractivity contribution in [3.05, 3.63) is 35.1 Å². The monoisotopic (exact) mass is 237 g/mol. The van der Waals surface area contributed by atoms with Crippen molar-refractivity contribution in [2.45, 2.75) is 38.7 Å². The van der Waals surface area contributed by atoms with Crippen molar-refractivity contribution < 1.29 is 9.50 Å². The second-order valence-corrected chi connectivity index (χ2v) is 5.18. The van der Waals surface area contributed by atoms with Crippen LogP contribution in [0.5, 0.6) is 0 Å². The van der Waals surface area contributed by atoms with Crippen LogP contribution in [0.1, 0.15) is 42.9 Å². The molecule has 0 aromatic heterocycles. The van der Waals surface area contributed by atoms with Gasteiger partial charge in [-0.15, -0.1) is 0 Å². The zero-order valence-electron chi connectivity index (χ0n) is 10.2. The molecule has 0 bridgehead atoms. The molecule has 1 aromatic rings. The smallest absolute Gasteiger partial charge is 0.126 e. The highest BCUT2D eigenvalue weighted by Gasteiger charge is 2.40. The Bertz CT molecular complexity index is 399. The molecule has 2 nitrogen and oxygen atoms in total. The SMILES string of the molecule is Cc1ccc(C(O)C2(CN)CCCC2)cc1F. The Hall–Kier alpha value is -0.930. The van der Waals surface area contributed by atoms with Gasteiger partial charge in [0.05, 0.1) is 6.10 Å². The van der Waals surface area contributed by atoms with Gasteiger partial charge in [0, 0.05) is 12.0 Å². The second kappa shape index (κ2) is 4.75. The topological polar surface area (TPSA) is 46.2 Å². The summed E-state index contributed by atoms with van der Waals surface area (Å²) >= 11 is 0. The van der Waals surface area contributed by atoms with Crippen molar-refractivity contribution in [2.24, 2.45) is 11.1 Å². The van der Waals surface area contributed by atoms with Crippen LogP contribution in [0.3, 0.4) is 0 Å². The van der Waals surface area contributed by atoms with Gasteiger partial charge in [-0.1, -0.05) is 25.0 Å². The molecule has 2 rings (SSSR count). The Morgan fingerprint density at radius 1 is 1.41 bits per heavy atom. The molecule has 1 aliphatic carbocycles. The first-order valence-corrected chi connectivity index (χ1v) is 6.23. The number of benzene rings is 1. The van der Waals surface area contributed by atoms with Crippen LogP contribution in [0.15, 0.2) is 18.2 Å². The molecule has 0 aliphatic heterocycles. The molecular formula is C14H20FNO. The summed E-state index contributed by atoms with van der Waals surface area (Å²) in [5, 5.41) is 10.4. The molecule has 94 valence electrons. The lowest BCUT2D eigenvalue weighted by molar-refractivity contribution is 0.0331. The maximum atomic E-state index is 13.5. The van der Waals surface area contributed by atoms with E-state index in [1.54, 1.807) is 19.1 Å². The molecule has 1 unspecified atom stereocenters. The first-order chi connectivity index (χ1) is 8.09. The third-order valence-corrected chi connectivity index (χ3v) is 4.10. The molecule has 17 heavy (non-hydrogen) atoms. The van der Waals surface area contributed by atoms with Crippen LogP contribution >= 0.6 is 0 Å². The van der Waals surface area contributed by atoms with E-state index in [0.717, 1.165) is 25.7 Å². The van der Waals surface area contributed by atoms with Gasteiger partial charge in [-0.25, -0.2) is 4.39 Å². The molecule has 3 N–H and O–H groups in total. The molecule has 0 saturated heterocycles. The standard InChI is InChI=1S/C14H20FNO/c1-10-4-5-11(8-12(10)15)13(17)14(9-16)6-2-3-7-14/h4-5,8,13,17H,2-3,6-7,9,16H2,1H3. The first kappa shape index (κ1) is 12.5. The van der Waals surface area contributed by atoms with E-state index in [0.29, 0.717) is 17.7 Å². The highest BCUT2D eigenvalue weighted by molar-refractivity contribution is 5.26. The maximum Gasteiger partial charge on any atom is 0.126 e. The van der Waals surface area contributed by atoms with Crippen LogP contribution in [0.2, 0.25) is 0 Å². The van der Waals surface area contributed by atoms with E-state index in [9.17, 15) is 9.50 Å². The van der Waals surface area contributed by atoms with E-state index in [4.69, 9.17) is 5.73 Å². The maximum absolute atomic E-state index is 13.5. The molecule has 3 heteroatoms.